The number of hydrogen-bond donors (Lipinski definition) is 3. The zero-order valence-electron chi connectivity index (χ0n) is 22.2. The van der Waals surface area contributed by atoms with Crippen molar-refractivity contribution in [2.45, 2.75) is 63.3 Å². The fourth-order valence-electron chi connectivity index (χ4n) is 5.70. The molecule has 3 heterocycles. The fourth-order valence-corrected chi connectivity index (χ4v) is 5.70. The van der Waals surface area contributed by atoms with Gasteiger partial charge in [-0.3, -0.25) is 19.5 Å². The van der Waals surface area contributed by atoms with E-state index in [9.17, 15) is 23.5 Å². The van der Waals surface area contributed by atoms with Gasteiger partial charge in [-0.25, -0.2) is 8.78 Å². The molecule has 2 amide bonds. The van der Waals surface area contributed by atoms with E-state index >= 15 is 0 Å². The first-order valence-electron chi connectivity index (χ1n) is 13.7. The fraction of sp³-hybridized carbons (Fsp3) is 0.448. The van der Waals surface area contributed by atoms with Crippen molar-refractivity contribution in [1.82, 2.24) is 25.7 Å². The first-order valence-corrected chi connectivity index (χ1v) is 13.7. The second-order valence-corrected chi connectivity index (χ2v) is 10.6. The normalized spacial score (nSPS) is 24.3. The van der Waals surface area contributed by atoms with Crippen LogP contribution < -0.4 is 10.6 Å². The summed E-state index contributed by atoms with van der Waals surface area (Å²) in [7, 11) is 0. The summed E-state index contributed by atoms with van der Waals surface area (Å²) in [6.45, 7) is 2.83. The van der Waals surface area contributed by atoms with E-state index in [-0.39, 0.29) is 35.0 Å². The standard InChI is InChI=1S/C29H33F2N5O4/c1-17(22-6-4-5-12-32-22)33-28(38)20-16-36(25-7-2-3-8-26(25)37)13-11-23(20)34-29(39)24-15-27(40-35-24)19-10-9-18(30)14-21(19)31/h4-6,9-10,12,14-15,17,20,23,25-26,37H,2-3,7-8,11,13,16H2,1H3,(H,33,38)(H,34,39)/t17-,20+,23+,25+,26+/m0/s1. The first-order chi connectivity index (χ1) is 19.3. The van der Waals surface area contributed by atoms with Gasteiger partial charge in [0.05, 0.1) is 29.3 Å². The second kappa shape index (κ2) is 12.2. The van der Waals surface area contributed by atoms with Crippen molar-refractivity contribution in [2.24, 2.45) is 5.92 Å². The van der Waals surface area contributed by atoms with Crippen LogP contribution in [0.2, 0.25) is 0 Å². The minimum atomic E-state index is -0.834. The number of piperidine rings is 1. The molecule has 1 saturated heterocycles. The van der Waals surface area contributed by atoms with Crippen molar-refractivity contribution in [2.75, 3.05) is 13.1 Å². The molecule has 11 heteroatoms. The predicted octanol–water partition coefficient (Wildman–Crippen LogP) is 3.62. The Labute approximate surface area is 231 Å². The molecule has 1 aromatic carbocycles. The number of likely N-dealkylation sites (tertiary alicyclic amines) is 1. The van der Waals surface area contributed by atoms with Crippen LogP contribution in [-0.2, 0) is 4.79 Å². The Morgan fingerprint density at radius 3 is 2.70 bits per heavy atom. The summed E-state index contributed by atoms with van der Waals surface area (Å²) in [4.78, 5) is 33.2. The molecular weight excluding hydrogens is 520 g/mol. The highest BCUT2D eigenvalue weighted by Gasteiger charge is 2.40. The number of hydrogen-bond acceptors (Lipinski definition) is 7. The molecular formula is C29H33F2N5O4. The van der Waals surface area contributed by atoms with Crippen molar-refractivity contribution in [1.29, 1.82) is 0 Å². The minimum absolute atomic E-state index is 0.0118. The highest BCUT2D eigenvalue weighted by atomic mass is 19.1. The van der Waals surface area contributed by atoms with Gasteiger partial charge >= 0.3 is 0 Å². The molecule has 1 aliphatic heterocycles. The molecule has 5 rings (SSSR count). The highest BCUT2D eigenvalue weighted by Crippen LogP contribution is 2.29. The molecule has 5 atom stereocenters. The molecule has 0 bridgehead atoms. The Bertz CT molecular complexity index is 1340. The molecule has 0 unspecified atom stereocenters. The van der Waals surface area contributed by atoms with Crippen molar-refractivity contribution in [3.8, 4) is 11.3 Å². The summed E-state index contributed by atoms with van der Waals surface area (Å²) in [5, 5.41) is 20.4. The third kappa shape index (κ3) is 6.20. The molecule has 9 nitrogen and oxygen atoms in total. The van der Waals surface area contributed by atoms with Crippen LogP contribution in [-0.4, -0.2) is 63.2 Å². The summed E-state index contributed by atoms with van der Waals surface area (Å²) >= 11 is 0. The van der Waals surface area contributed by atoms with Gasteiger partial charge in [-0.05, 0) is 50.5 Å². The molecule has 0 radical (unpaired) electrons. The number of aromatic nitrogens is 2. The smallest absolute Gasteiger partial charge is 0.273 e. The van der Waals surface area contributed by atoms with E-state index < -0.39 is 35.6 Å². The Morgan fingerprint density at radius 1 is 1.12 bits per heavy atom. The van der Waals surface area contributed by atoms with E-state index in [0.717, 1.165) is 43.5 Å². The molecule has 0 spiro atoms. The van der Waals surface area contributed by atoms with E-state index in [1.807, 2.05) is 19.1 Å². The lowest BCUT2D eigenvalue weighted by Gasteiger charge is -2.44. The molecule has 3 aromatic rings. The summed E-state index contributed by atoms with van der Waals surface area (Å²) in [6.07, 6.45) is 5.31. The van der Waals surface area contributed by atoms with Gasteiger partial charge in [0.25, 0.3) is 5.91 Å². The van der Waals surface area contributed by atoms with Gasteiger partial charge in [0.1, 0.15) is 11.6 Å². The quantitative estimate of drug-likeness (QED) is 0.409. The van der Waals surface area contributed by atoms with E-state index in [1.54, 1.807) is 12.3 Å². The maximum Gasteiger partial charge on any atom is 0.273 e. The van der Waals surface area contributed by atoms with E-state index in [4.69, 9.17) is 4.52 Å². The molecule has 2 aromatic heterocycles. The average Bonchev–Trinajstić information content (AvgIpc) is 3.44. The van der Waals surface area contributed by atoms with E-state index in [2.05, 4.69) is 25.7 Å². The lowest BCUT2D eigenvalue weighted by Crippen LogP contribution is -2.59. The number of carbonyl (C=O) groups excluding carboxylic acids is 2. The number of rotatable bonds is 7. The van der Waals surface area contributed by atoms with Gasteiger partial charge in [-0.1, -0.05) is 24.1 Å². The Morgan fingerprint density at radius 2 is 1.95 bits per heavy atom. The SMILES string of the molecule is C[C@H](NC(=O)[C@@H]1CN([C@@H]2CCCC[C@H]2O)CC[C@H]1NC(=O)c1cc(-c2ccc(F)cc2F)on1)c1ccccn1. The van der Waals surface area contributed by atoms with E-state index in [0.29, 0.717) is 19.5 Å². The van der Waals surface area contributed by atoms with Crippen LogP contribution in [0.4, 0.5) is 8.78 Å². The predicted molar refractivity (Wildman–Crippen MR) is 142 cm³/mol. The monoisotopic (exact) mass is 553 g/mol. The third-order valence-electron chi connectivity index (χ3n) is 7.89. The van der Waals surface area contributed by atoms with Crippen LogP contribution >= 0.6 is 0 Å². The average molecular weight is 554 g/mol. The van der Waals surface area contributed by atoms with Crippen LogP contribution in [0.1, 0.15) is 61.3 Å². The number of pyridine rings is 1. The van der Waals surface area contributed by atoms with Gasteiger partial charge in [0, 0.05) is 43.5 Å². The van der Waals surface area contributed by atoms with Gasteiger partial charge in [0.15, 0.2) is 11.5 Å². The number of aliphatic hydroxyl groups excluding tert-OH is 1. The van der Waals surface area contributed by atoms with E-state index in [1.165, 1.54) is 12.1 Å². The lowest BCUT2D eigenvalue weighted by atomic mass is 9.85. The summed E-state index contributed by atoms with van der Waals surface area (Å²) in [5.74, 6) is -2.97. The number of benzene rings is 1. The minimum Gasteiger partial charge on any atom is -0.391 e. The van der Waals surface area contributed by atoms with Crippen LogP contribution in [0, 0.1) is 17.6 Å². The van der Waals surface area contributed by atoms with Crippen molar-refractivity contribution in [3.63, 3.8) is 0 Å². The van der Waals surface area contributed by atoms with Crippen LogP contribution in [0.15, 0.2) is 53.2 Å². The Balaban J connectivity index is 1.32. The third-order valence-corrected chi connectivity index (χ3v) is 7.89. The molecule has 2 fully saturated rings. The zero-order chi connectivity index (χ0) is 28.2. The number of halogens is 2. The van der Waals surface area contributed by atoms with Gasteiger partial charge < -0.3 is 20.3 Å². The maximum atomic E-state index is 14.2. The summed E-state index contributed by atoms with van der Waals surface area (Å²) in [5.41, 5.74) is 0.618. The molecule has 2 aliphatic rings. The van der Waals surface area contributed by atoms with Crippen LogP contribution in [0.3, 0.4) is 0 Å². The number of amides is 2. The lowest BCUT2D eigenvalue weighted by molar-refractivity contribution is -0.129. The van der Waals surface area contributed by atoms with Crippen molar-refractivity contribution < 1.29 is 28.0 Å². The molecule has 1 saturated carbocycles. The van der Waals surface area contributed by atoms with Crippen molar-refractivity contribution in [3.05, 3.63) is 71.7 Å². The number of carbonyl (C=O) groups is 2. The highest BCUT2D eigenvalue weighted by molar-refractivity contribution is 5.94. The van der Waals surface area contributed by atoms with Crippen LogP contribution in [0.5, 0.6) is 0 Å². The van der Waals surface area contributed by atoms with Crippen LogP contribution in [0.25, 0.3) is 11.3 Å². The first kappa shape index (κ1) is 27.9. The molecule has 212 valence electrons. The second-order valence-electron chi connectivity index (χ2n) is 10.6. The Hall–Kier alpha value is -3.70. The Kier molecular flexibility index (Phi) is 8.51. The van der Waals surface area contributed by atoms with Gasteiger partial charge in [-0.15, -0.1) is 0 Å². The maximum absolute atomic E-state index is 14.2. The van der Waals surface area contributed by atoms with Gasteiger partial charge in [-0.2, -0.15) is 0 Å². The summed E-state index contributed by atoms with van der Waals surface area (Å²) < 4.78 is 32.7. The van der Waals surface area contributed by atoms with Crippen molar-refractivity contribution >= 4 is 11.8 Å². The number of aliphatic hydroxyl groups is 1. The topological polar surface area (TPSA) is 121 Å². The number of nitrogens with one attached hydrogen (secondary N) is 2. The summed E-state index contributed by atoms with van der Waals surface area (Å²) in [6, 6.07) is 8.93. The molecule has 40 heavy (non-hydrogen) atoms. The molecule has 3 N–H and O–H groups in total. The number of nitrogens with zero attached hydrogens (tertiary/aromatic N) is 3. The molecule has 1 aliphatic carbocycles. The largest absolute Gasteiger partial charge is 0.391 e. The van der Waals surface area contributed by atoms with Gasteiger partial charge in [0.2, 0.25) is 5.91 Å². The zero-order valence-corrected chi connectivity index (χ0v) is 22.2.